The van der Waals surface area contributed by atoms with E-state index < -0.39 is 11.9 Å². The van der Waals surface area contributed by atoms with Crippen LogP contribution in [0.25, 0.3) is 10.8 Å². The summed E-state index contributed by atoms with van der Waals surface area (Å²) in [5.74, 6) is 0.0939. The minimum Gasteiger partial charge on any atom is -0.496 e. The van der Waals surface area contributed by atoms with Gasteiger partial charge < -0.3 is 19.3 Å². The number of hydrazone groups is 1. The zero-order valence-electron chi connectivity index (χ0n) is 19.7. The Kier molecular flexibility index (Phi) is 7.45. The fourth-order valence-electron chi connectivity index (χ4n) is 3.58. The summed E-state index contributed by atoms with van der Waals surface area (Å²) in [4.78, 5) is 23.7. The van der Waals surface area contributed by atoms with Gasteiger partial charge in [0, 0.05) is 0 Å². The van der Waals surface area contributed by atoms with Gasteiger partial charge in [-0.2, -0.15) is 5.10 Å². The van der Waals surface area contributed by atoms with Gasteiger partial charge in [-0.05, 0) is 64.4 Å². The summed E-state index contributed by atoms with van der Waals surface area (Å²) in [6.45, 7) is 0.243. The van der Waals surface area contributed by atoms with Crippen molar-refractivity contribution in [3.63, 3.8) is 0 Å². The number of fused-ring (bicyclic) bond motifs is 1. The lowest BCUT2D eigenvalue weighted by Crippen LogP contribution is -2.18. The van der Waals surface area contributed by atoms with Gasteiger partial charge in [0.1, 0.15) is 12.4 Å². The van der Waals surface area contributed by atoms with Crippen LogP contribution in [0.1, 0.15) is 31.8 Å². The molecule has 0 radical (unpaired) electrons. The predicted molar refractivity (Wildman–Crippen MR) is 136 cm³/mol. The molecule has 0 saturated carbocycles. The molecular formula is C28H24N2O6. The second-order valence-corrected chi connectivity index (χ2v) is 7.80. The van der Waals surface area contributed by atoms with E-state index in [1.807, 2.05) is 30.3 Å². The van der Waals surface area contributed by atoms with Crippen molar-refractivity contribution >= 4 is 28.9 Å². The van der Waals surface area contributed by atoms with Crippen molar-refractivity contribution in [2.75, 3.05) is 14.2 Å². The summed E-state index contributed by atoms with van der Waals surface area (Å²) in [6, 6.07) is 23.0. The van der Waals surface area contributed by atoms with Crippen molar-refractivity contribution < 1.29 is 28.9 Å². The van der Waals surface area contributed by atoms with E-state index in [2.05, 4.69) is 10.5 Å². The van der Waals surface area contributed by atoms with E-state index in [0.717, 1.165) is 16.3 Å². The lowest BCUT2D eigenvalue weighted by Gasteiger charge is -2.11. The molecule has 1 amide bonds. The Morgan fingerprint density at radius 3 is 2.22 bits per heavy atom. The Hall–Kier alpha value is -4.85. The average molecular weight is 485 g/mol. The second kappa shape index (κ2) is 11.1. The SMILES string of the molecule is COc1cc(/C=N/NC(=O)c2cc3ccccc3cc2OC)ccc1OCc1ccc(C(=O)O)cc1. The van der Waals surface area contributed by atoms with Crippen molar-refractivity contribution in [3.8, 4) is 17.2 Å². The van der Waals surface area contributed by atoms with Gasteiger partial charge >= 0.3 is 5.97 Å². The lowest BCUT2D eigenvalue weighted by atomic mass is 10.1. The van der Waals surface area contributed by atoms with Gasteiger partial charge in [0.05, 0.1) is 31.6 Å². The van der Waals surface area contributed by atoms with Crippen LogP contribution in [0.4, 0.5) is 0 Å². The van der Waals surface area contributed by atoms with Crippen LogP contribution in [0.2, 0.25) is 0 Å². The zero-order valence-corrected chi connectivity index (χ0v) is 19.7. The Balaban J connectivity index is 1.42. The van der Waals surface area contributed by atoms with Gasteiger partial charge in [-0.1, -0.05) is 36.4 Å². The Morgan fingerprint density at radius 2 is 1.56 bits per heavy atom. The molecule has 0 aliphatic carbocycles. The average Bonchev–Trinajstić information content (AvgIpc) is 2.91. The Labute approximate surface area is 207 Å². The number of carbonyl (C=O) groups excluding carboxylic acids is 1. The highest BCUT2D eigenvalue weighted by atomic mass is 16.5. The van der Waals surface area contributed by atoms with Crippen LogP contribution >= 0.6 is 0 Å². The molecule has 8 nitrogen and oxygen atoms in total. The van der Waals surface area contributed by atoms with Crippen LogP contribution in [0.5, 0.6) is 17.2 Å². The summed E-state index contributed by atoms with van der Waals surface area (Å²) >= 11 is 0. The first-order valence-corrected chi connectivity index (χ1v) is 11.0. The molecule has 36 heavy (non-hydrogen) atoms. The van der Waals surface area contributed by atoms with E-state index in [1.165, 1.54) is 32.6 Å². The zero-order chi connectivity index (χ0) is 25.5. The fraction of sp³-hybridized carbons (Fsp3) is 0.107. The summed E-state index contributed by atoms with van der Waals surface area (Å²) < 4.78 is 16.6. The molecule has 0 bridgehead atoms. The maximum absolute atomic E-state index is 12.7. The van der Waals surface area contributed by atoms with E-state index in [0.29, 0.717) is 28.4 Å². The maximum Gasteiger partial charge on any atom is 0.335 e. The van der Waals surface area contributed by atoms with Crippen molar-refractivity contribution in [2.45, 2.75) is 6.61 Å². The van der Waals surface area contributed by atoms with Crippen LogP contribution in [0.15, 0.2) is 84.0 Å². The monoisotopic (exact) mass is 484 g/mol. The lowest BCUT2D eigenvalue weighted by molar-refractivity contribution is 0.0696. The topological polar surface area (TPSA) is 106 Å². The first kappa shape index (κ1) is 24.3. The van der Waals surface area contributed by atoms with Crippen molar-refractivity contribution in [2.24, 2.45) is 5.10 Å². The fourth-order valence-corrected chi connectivity index (χ4v) is 3.58. The van der Waals surface area contributed by atoms with Gasteiger partial charge in [-0.3, -0.25) is 4.79 Å². The van der Waals surface area contributed by atoms with Crippen LogP contribution in [0, 0.1) is 0 Å². The number of nitrogens with one attached hydrogen (secondary N) is 1. The maximum atomic E-state index is 12.7. The summed E-state index contributed by atoms with van der Waals surface area (Å²) in [5, 5.41) is 15.0. The third-order valence-corrected chi connectivity index (χ3v) is 5.48. The van der Waals surface area contributed by atoms with Crippen LogP contribution in [0.3, 0.4) is 0 Å². The largest absolute Gasteiger partial charge is 0.496 e. The molecule has 8 heteroatoms. The Bertz CT molecular complexity index is 1430. The quantitative estimate of drug-likeness (QED) is 0.259. The first-order valence-electron chi connectivity index (χ1n) is 11.0. The standard InChI is InChI=1S/C28H24N2O6/c1-34-25-15-22-6-4-3-5-21(22)14-23(25)27(31)30-29-16-19-9-12-24(26(13-19)35-2)36-17-18-7-10-20(11-8-18)28(32)33/h3-16H,17H2,1-2H3,(H,30,31)(H,32,33)/b29-16+. The third-order valence-electron chi connectivity index (χ3n) is 5.48. The Morgan fingerprint density at radius 1 is 0.861 bits per heavy atom. The van der Waals surface area contributed by atoms with Crippen LogP contribution in [-0.2, 0) is 6.61 Å². The van der Waals surface area contributed by atoms with Crippen LogP contribution in [-0.4, -0.2) is 37.4 Å². The molecule has 182 valence electrons. The van der Waals surface area contributed by atoms with Gasteiger partial charge in [-0.25, -0.2) is 10.2 Å². The number of aromatic carboxylic acids is 1. The molecule has 4 aromatic rings. The van der Waals surface area contributed by atoms with Crippen molar-refractivity contribution in [1.29, 1.82) is 0 Å². The molecule has 0 fully saturated rings. The predicted octanol–water partition coefficient (Wildman–Crippen LogP) is 4.90. The number of amides is 1. The van der Waals surface area contributed by atoms with Gasteiger partial charge in [0.25, 0.3) is 5.91 Å². The molecule has 0 spiro atoms. The summed E-state index contributed by atoms with van der Waals surface area (Å²) in [5.41, 5.74) is 4.64. The summed E-state index contributed by atoms with van der Waals surface area (Å²) in [6.07, 6.45) is 1.50. The molecule has 0 atom stereocenters. The molecule has 4 rings (SSSR count). The normalized spacial score (nSPS) is 10.8. The molecule has 0 heterocycles. The molecule has 0 aromatic heterocycles. The number of nitrogens with zero attached hydrogens (tertiary/aromatic N) is 1. The number of carbonyl (C=O) groups is 2. The first-order chi connectivity index (χ1) is 17.5. The minimum atomic E-state index is -0.978. The number of ether oxygens (including phenoxy) is 3. The highest BCUT2D eigenvalue weighted by molar-refractivity contribution is 6.02. The van der Waals surface area contributed by atoms with Crippen molar-refractivity contribution in [3.05, 3.63) is 101 Å². The third kappa shape index (κ3) is 5.61. The number of carboxylic acids is 1. The highest BCUT2D eigenvalue weighted by Gasteiger charge is 2.13. The molecular weight excluding hydrogens is 460 g/mol. The van der Waals surface area contributed by atoms with E-state index in [-0.39, 0.29) is 12.2 Å². The van der Waals surface area contributed by atoms with Crippen LogP contribution < -0.4 is 19.6 Å². The van der Waals surface area contributed by atoms with E-state index in [9.17, 15) is 9.59 Å². The smallest absolute Gasteiger partial charge is 0.335 e. The molecule has 0 aliphatic heterocycles. The van der Waals surface area contributed by atoms with E-state index >= 15 is 0 Å². The number of hydrogen-bond acceptors (Lipinski definition) is 6. The molecule has 0 unspecified atom stereocenters. The number of benzene rings is 4. The van der Waals surface area contributed by atoms with Gasteiger partial charge in [0.15, 0.2) is 11.5 Å². The number of methoxy groups -OCH3 is 2. The highest BCUT2D eigenvalue weighted by Crippen LogP contribution is 2.29. The van der Waals surface area contributed by atoms with Crippen molar-refractivity contribution in [1.82, 2.24) is 5.43 Å². The van der Waals surface area contributed by atoms with E-state index in [1.54, 1.807) is 36.4 Å². The second-order valence-electron chi connectivity index (χ2n) is 7.80. The summed E-state index contributed by atoms with van der Waals surface area (Å²) in [7, 11) is 3.05. The number of carboxylic acid groups (broad SMARTS) is 1. The number of hydrogen-bond donors (Lipinski definition) is 2. The molecule has 4 aromatic carbocycles. The molecule has 2 N–H and O–H groups in total. The number of rotatable bonds is 9. The van der Waals surface area contributed by atoms with Gasteiger partial charge in [0.2, 0.25) is 0 Å². The minimum absolute atomic E-state index is 0.214. The molecule has 0 saturated heterocycles. The van der Waals surface area contributed by atoms with Gasteiger partial charge in [-0.15, -0.1) is 0 Å². The molecule has 0 aliphatic rings. The van der Waals surface area contributed by atoms with E-state index in [4.69, 9.17) is 19.3 Å².